The molecule has 0 spiro atoms. The van der Waals surface area contributed by atoms with Crippen molar-refractivity contribution in [2.45, 2.75) is 59.6 Å². The maximum Gasteiger partial charge on any atom is 0.0620 e. The zero-order chi connectivity index (χ0) is 10.5. The first-order valence-corrected chi connectivity index (χ1v) is 5.18. The van der Waals surface area contributed by atoms with Crippen molar-refractivity contribution in [3.05, 3.63) is 0 Å². The summed E-state index contributed by atoms with van der Waals surface area (Å²) in [5.41, 5.74) is 6.29. The molecule has 80 valence electrons. The third-order valence-electron chi connectivity index (χ3n) is 1.91. The van der Waals surface area contributed by atoms with Crippen molar-refractivity contribution in [3.63, 3.8) is 0 Å². The first-order chi connectivity index (χ1) is 5.81. The van der Waals surface area contributed by atoms with Crippen molar-refractivity contribution >= 4 is 0 Å². The highest BCUT2D eigenvalue weighted by Crippen LogP contribution is 2.21. The average molecular weight is 187 g/mol. The number of ether oxygens (including phenoxy) is 1. The molecular weight excluding hydrogens is 162 g/mol. The van der Waals surface area contributed by atoms with E-state index in [4.69, 9.17) is 10.5 Å². The first kappa shape index (κ1) is 12.9. The van der Waals surface area contributed by atoms with E-state index >= 15 is 0 Å². The molecule has 0 fully saturated rings. The molecule has 2 nitrogen and oxygen atoms in total. The van der Waals surface area contributed by atoms with E-state index in [2.05, 4.69) is 20.8 Å². The average Bonchev–Trinajstić information content (AvgIpc) is 1.95. The van der Waals surface area contributed by atoms with E-state index in [1.807, 2.05) is 13.8 Å². The molecule has 0 radical (unpaired) electrons. The Bertz CT molecular complexity index is 127. The lowest BCUT2D eigenvalue weighted by atomic mass is 9.89. The molecule has 2 N–H and O–H groups in total. The smallest absolute Gasteiger partial charge is 0.0620 e. The van der Waals surface area contributed by atoms with Gasteiger partial charge in [-0.15, -0.1) is 0 Å². The molecular formula is C11H25NO. The zero-order valence-electron chi connectivity index (χ0n) is 9.76. The van der Waals surface area contributed by atoms with E-state index in [9.17, 15) is 0 Å². The Hall–Kier alpha value is -0.0800. The highest BCUT2D eigenvalue weighted by atomic mass is 16.5. The molecule has 0 aromatic carbocycles. The van der Waals surface area contributed by atoms with Gasteiger partial charge in [-0.2, -0.15) is 0 Å². The van der Waals surface area contributed by atoms with Crippen LogP contribution in [0.2, 0.25) is 0 Å². The lowest BCUT2D eigenvalue weighted by Gasteiger charge is -2.21. The third kappa shape index (κ3) is 9.84. The largest absolute Gasteiger partial charge is 0.377 e. The van der Waals surface area contributed by atoms with Crippen LogP contribution in [-0.2, 0) is 4.74 Å². The van der Waals surface area contributed by atoms with Crippen molar-refractivity contribution in [1.29, 1.82) is 0 Å². The second-order valence-electron chi connectivity index (χ2n) is 5.24. The van der Waals surface area contributed by atoms with Gasteiger partial charge in [0.1, 0.15) is 0 Å². The standard InChI is InChI=1S/C11H25NO/c1-9(2)13-8-10(12)6-7-11(3,4)5/h9-10H,6-8,12H2,1-5H3. The van der Waals surface area contributed by atoms with Crippen molar-refractivity contribution in [3.8, 4) is 0 Å². The number of hydrogen-bond donors (Lipinski definition) is 1. The molecule has 0 amide bonds. The van der Waals surface area contributed by atoms with Gasteiger partial charge in [0.25, 0.3) is 0 Å². The minimum absolute atomic E-state index is 0.196. The second kappa shape index (κ2) is 5.61. The number of rotatable bonds is 5. The molecule has 13 heavy (non-hydrogen) atoms. The molecule has 0 aliphatic rings. The fourth-order valence-electron chi connectivity index (χ4n) is 1.02. The van der Waals surface area contributed by atoms with Crippen molar-refractivity contribution in [1.82, 2.24) is 0 Å². The van der Waals surface area contributed by atoms with Crippen molar-refractivity contribution in [2.75, 3.05) is 6.61 Å². The maximum atomic E-state index is 5.90. The number of hydrogen-bond acceptors (Lipinski definition) is 2. The summed E-state index contributed by atoms with van der Waals surface area (Å²) in [6, 6.07) is 0.196. The zero-order valence-corrected chi connectivity index (χ0v) is 9.76. The lowest BCUT2D eigenvalue weighted by molar-refractivity contribution is 0.0649. The van der Waals surface area contributed by atoms with Crippen LogP contribution >= 0.6 is 0 Å². The molecule has 1 unspecified atom stereocenters. The Morgan fingerprint density at radius 1 is 1.23 bits per heavy atom. The summed E-state index contributed by atoms with van der Waals surface area (Å²) in [5.74, 6) is 0. The Labute approximate surface area is 82.8 Å². The minimum atomic E-state index is 0.196. The number of nitrogens with two attached hydrogens (primary N) is 1. The molecule has 0 aliphatic heterocycles. The fraction of sp³-hybridized carbons (Fsp3) is 1.00. The van der Waals surface area contributed by atoms with Crippen LogP contribution in [0.15, 0.2) is 0 Å². The van der Waals surface area contributed by atoms with Gasteiger partial charge < -0.3 is 10.5 Å². The Morgan fingerprint density at radius 2 is 1.77 bits per heavy atom. The van der Waals surface area contributed by atoms with Crippen molar-refractivity contribution < 1.29 is 4.74 Å². The fourth-order valence-corrected chi connectivity index (χ4v) is 1.02. The molecule has 1 atom stereocenters. The molecule has 0 saturated heterocycles. The topological polar surface area (TPSA) is 35.2 Å². The molecule has 0 aliphatic carbocycles. The van der Waals surface area contributed by atoms with Crippen LogP contribution in [-0.4, -0.2) is 18.8 Å². The molecule has 0 aromatic rings. The molecule has 0 aromatic heterocycles. The molecule has 2 heteroatoms. The monoisotopic (exact) mass is 187 g/mol. The summed E-state index contributed by atoms with van der Waals surface area (Å²) < 4.78 is 5.44. The predicted molar refractivity (Wildman–Crippen MR) is 57.8 cm³/mol. The first-order valence-electron chi connectivity index (χ1n) is 5.18. The third-order valence-corrected chi connectivity index (χ3v) is 1.91. The van der Waals surface area contributed by atoms with Gasteiger partial charge in [-0.1, -0.05) is 20.8 Å². The van der Waals surface area contributed by atoms with E-state index in [1.165, 1.54) is 0 Å². The summed E-state index contributed by atoms with van der Waals surface area (Å²) in [4.78, 5) is 0. The SMILES string of the molecule is CC(C)OCC(N)CCC(C)(C)C. The quantitative estimate of drug-likeness (QED) is 0.718. The summed E-state index contributed by atoms with van der Waals surface area (Å²) in [7, 11) is 0. The van der Waals surface area contributed by atoms with Crippen LogP contribution < -0.4 is 5.73 Å². The Kier molecular flexibility index (Phi) is 5.57. The van der Waals surface area contributed by atoms with Crippen LogP contribution in [0.5, 0.6) is 0 Å². The molecule has 0 rings (SSSR count). The minimum Gasteiger partial charge on any atom is -0.377 e. The van der Waals surface area contributed by atoms with Crippen molar-refractivity contribution in [2.24, 2.45) is 11.1 Å². The molecule has 0 heterocycles. The van der Waals surface area contributed by atoms with Gasteiger partial charge in [-0.25, -0.2) is 0 Å². The second-order valence-corrected chi connectivity index (χ2v) is 5.24. The normalized spacial score (nSPS) is 15.0. The summed E-state index contributed by atoms with van der Waals surface area (Å²) in [6.45, 7) is 11.5. The summed E-state index contributed by atoms with van der Waals surface area (Å²) in [6.07, 6.45) is 2.51. The van der Waals surface area contributed by atoms with Crippen LogP contribution in [0.25, 0.3) is 0 Å². The molecule has 0 bridgehead atoms. The van der Waals surface area contributed by atoms with Gasteiger partial charge in [0, 0.05) is 6.04 Å². The van der Waals surface area contributed by atoms with Gasteiger partial charge in [-0.3, -0.25) is 0 Å². The van der Waals surface area contributed by atoms with E-state index in [-0.39, 0.29) is 6.04 Å². The van der Waals surface area contributed by atoms with Gasteiger partial charge in [0.2, 0.25) is 0 Å². The summed E-state index contributed by atoms with van der Waals surface area (Å²) >= 11 is 0. The van der Waals surface area contributed by atoms with Crippen LogP contribution in [0.3, 0.4) is 0 Å². The Balaban J connectivity index is 3.46. The Morgan fingerprint density at radius 3 is 2.15 bits per heavy atom. The lowest BCUT2D eigenvalue weighted by Crippen LogP contribution is -2.29. The van der Waals surface area contributed by atoms with E-state index in [0.29, 0.717) is 18.1 Å². The van der Waals surface area contributed by atoms with E-state index in [1.54, 1.807) is 0 Å². The maximum absolute atomic E-state index is 5.90. The van der Waals surface area contributed by atoms with E-state index < -0.39 is 0 Å². The van der Waals surface area contributed by atoms with E-state index in [0.717, 1.165) is 12.8 Å². The van der Waals surface area contributed by atoms with Crippen LogP contribution in [0.1, 0.15) is 47.5 Å². The van der Waals surface area contributed by atoms with Crippen LogP contribution in [0, 0.1) is 5.41 Å². The van der Waals surface area contributed by atoms with Gasteiger partial charge in [-0.05, 0) is 32.1 Å². The highest BCUT2D eigenvalue weighted by Gasteiger charge is 2.12. The van der Waals surface area contributed by atoms with Gasteiger partial charge >= 0.3 is 0 Å². The van der Waals surface area contributed by atoms with Gasteiger partial charge in [0.05, 0.1) is 12.7 Å². The predicted octanol–water partition coefficient (Wildman–Crippen LogP) is 2.57. The van der Waals surface area contributed by atoms with Gasteiger partial charge in [0.15, 0.2) is 0 Å². The highest BCUT2D eigenvalue weighted by molar-refractivity contribution is 4.67. The summed E-state index contributed by atoms with van der Waals surface area (Å²) in [5, 5.41) is 0. The molecule has 0 saturated carbocycles. The van der Waals surface area contributed by atoms with Crippen LogP contribution in [0.4, 0.5) is 0 Å².